The molecule has 1 unspecified atom stereocenters. The molecule has 2 aliphatic heterocycles. The third kappa shape index (κ3) is 2.87. The Labute approximate surface area is 150 Å². The Kier molecular flexibility index (Phi) is 3.83. The lowest BCUT2D eigenvalue weighted by molar-refractivity contribution is 0.0495. The molecular weight excluding hydrogens is 332 g/mol. The second-order valence-corrected chi connectivity index (χ2v) is 7.76. The topological polar surface area (TPSA) is 43.4 Å². The number of hydrogen-bond acceptors (Lipinski definition) is 5. The van der Waals surface area contributed by atoms with Crippen LogP contribution in [0.25, 0.3) is 10.2 Å². The summed E-state index contributed by atoms with van der Waals surface area (Å²) in [5.41, 5.74) is 2.35. The first kappa shape index (κ1) is 15.2. The summed E-state index contributed by atoms with van der Waals surface area (Å²) in [6.07, 6.45) is 2.71. The van der Waals surface area contributed by atoms with Crippen molar-refractivity contribution in [2.75, 3.05) is 13.1 Å². The second kappa shape index (κ2) is 6.32. The van der Waals surface area contributed by atoms with Crippen molar-refractivity contribution in [1.82, 2.24) is 10.3 Å². The minimum atomic E-state index is -0.279. The van der Waals surface area contributed by atoms with Crippen LogP contribution >= 0.6 is 11.3 Å². The Hall–Kier alpha value is -2.11. The summed E-state index contributed by atoms with van der Waals surface area (Å²) in [5, 5.41) is 4.49. The van der Waals surface area contributed by atoms with Gasteiger partial charge in [0.15, 0.2) is 11.5 Å². The fourth-order valence-corrected chi connectivity index (χ4v) is 4.72. The van der Waals surface area contributed by atoms with Crippen LogP contribution in [-0.4, -0.2) is 24.4 Å². The maximum absolute atomic E-state index is 6.22. The Morgan fingerprint density at radius 1 is 1.04 bits per heavy atom. The van der Waals surface area contributed by atoms with Crippen LogP contribution in [-0.2, 0) is 6.42 Å². The van der Waals surface area contributed by atoms with Crippen LogP contribution in [0.1, 0.15) is 29.3 Å². The van der Waals surface area contributed by atoms with Gasteiger partial charge in [-0.15, -0.1) is 11.3 Å². The molecule has 2 aliphatic rings. The van der Waals surface area contributed by atoms with Gasteiger partial charge in [-0.25, -0.2) is 4.98 Å². The van der Waals surface area contributed by atoms with Gasteiger partial charge in [-0.05, 0) is 50.0 Å². The predicted octanol–water partition coefficient (Wildman–Crippen LogP) is 4.10. The molecule has 128 valence electrons. The lowest BCUT2D eigenvalue weighted by Crippen LogP contribution is -2.27. The highest BCUT2D eigenvalue weighted by Crippen LogP contribution is 2.43. The van der Waals surface area contributed by atoms with Crippen molar-refractivity contribution in [3.63, 3.8) is 0 Å². The van der Waals surface area contributed by atoms with Gasteiger partial charge in [0.25, 0.3) is 0 Å². The zero-order chi connectivity index (χ0) is 16.6. The Balaban J connectivity index is 1.37. The molecule has 0 aliphatic carbocycles. The normalized spacial score (nSPS) is 20.2. The van der Waals surface area contributed by atoms with Crippen LogP contribution < -0.4 is 14.8 Å². The van der Waals surface area contributed by atoms with E-state index in [9.17, 15) is 0 Å². The van der Waals surface area contributed by atoms with Gasteiger partial charge in [-0.1, -0.05) is 24.3 Å². The highest BCUT2D eigenvalue weighted by atomic mass is 32.1. The molecule has 0 amide bonds. The van der Waals surface area contributed by atoms with Gasteiger partial charge in [0.05, 0.1) is 16.6 Å². The van der Waals surface area contributed by atoms with Crippen molar-refractivity contribution < 1.29 is 9.47 Å². The number of nitrogens with one attached hydrogen (secondary N) is 1. The van der Waals surface area contributed by atoms with E-state index in [1.807, 2.05) is 18.2 Å². The summed E-state index contributed by atoms with van der Waals surface area (Å²) < 4.78 is 13.5. The third-order valence-electron chi connectivity index (χ3n) is 4.98. The van der Waals surface area contributed by atoms with Crippen molar-refractivity contribution in [2.45, 2.75) is 31.5 Å². The van der Waals surface area contributed by atoms with Gasteiger partial charge in [0.2, 0.25) is 6.29 Å². The molecule has 5 heteroatoms. The number of rotatable bonds is 3. The predicted molar refractivity (Wildman–Crippen MR) is 99.7 cm³/mol. The van der Waals surface area contributed by atoms with Gasteiger partial charge in [0, 0.05) is 5.56 Å². The zero-order valence-electron chi connectivity index (χ0n) is 13.9. The molecule has 3 aromatic rings. The van der Waals surface area contributed by atoms with Crippen LogP contribution in [0, 0.1) is 0 Å². The Morgan fingerprint density at radius 2 is 1.92 bits per heavy atom. The highest BCUT2D eigenvalue weighted by Gasteiger charge is 2.30. The molecule has 25 heavy (non-hydrogen) atoms. The fourth-order valence-electron chi connectivity index (χ4n) is 3.74. The van der Waals surface area contributed by atoms with Crippen LogP contribution in [0.2, 0.25) is 0 Å². The summed E-state index contributed by atoms with van der Waals surface area (Å²) in [6, 6.07) is 14.5. The maximum Gasteiger partial charge on any atom is 0.247 e. The molecule has 5 rings (SSSR count). The second-order valence-electron chi connectivity index (χ2n) is 6.64. The molecule has 0 radical (unpaired) electrons. The van der Waals surface area contributed by atoms with Crippen LogP contribution in [0.3, 0.4) is 0 Å². The van der Waals surface area contributed by atoms with Crippen molar-refractivity contribution in [3.05, 3.63) is 53.0 Å². The molecule has 0 spiro atoms. The van der Waals surface area contributed by atoms with E-state index in [-0.39, 0.29) is 6.29 Å². The van der Waals surface area contributed by atoms with E-state index in [2.05, 4.69) is 29.6 Å². The molecule has 2 aromatic carbocycles. The van der Waals surface area contributed by atoms with E-state index >= 15 is 0 Å². The number of thiazole rings is 1. The molecule has 4 nitrogen and oxygen atoms in total. The van der Waals surface area contributed by atoms with E-state index < -0.39 is 0 Å². The summed E-state index contributed by atoms with van der Waals surface area (Å²) in [4.78, 5) is 4.70. The van der Waals surface area contributed by atoms with Gasteiger partial charge in [0.1, 0.15) is 5.01 Å². The molecule has 1 atom stereocenters. The molecule has 1 saturated heterocycles. The quantitative estimate of drug-likeness (QED) is 0.771. The van der Waals surface area contributed by atoms with Crippen LogP contribution in [0.4, 0.5) is 0 Å². The van der Waals surface area contributed by atoms with Crippen LogP contribution in [0.15, 0.2) is 42.5 Å². The van der Waals surface area contributed by atoms with E-state index in [4.69, 9.17) is 14.5 Å². The van der Waals surface area contributed by atoms with Crippen LogP contribution in [0.5, 0.6) is 11.5 Å². The number of benzene rings is 2. The SMILES string of the molecule is c1cc2c(c(C3CCNCC3)c1)OC(Cc1nc3ccccc3s1)O2. The lowest BCUT2D eigenvalue weighted by atomic mass is 9.89. The Morgan fingerprint density at radius 3 is 2.80 bits per heavy atom. The molecule has 1 fully saturated rings. The number of nitrogens with zero attached hydrogens (tertiary/aromatic N) is 1. The van der Waals surface area contributed by atoms with Gasteiger partial charge >= 0.3 is 0 Å². The van der Waals surface area contributed by atoms with Gasteiger partial charge in [-0.2, -0.15) is 0 Å². The minimum Gasteiger partial charge on any atom is -0.451 e. The van der Waals surface area contributed by atoms with E-state index in [1.165, 1.54) is 10.3 Å². The van der Waals surface area contributed by atoms with Crippen molar-refractivity contribution in [2.24, 2.45) is 0 Å². The third-order valence-corrected chi connectivity index (χ3v) is 6.03. The fraction of sp³-hybridized carbons (Fsp3) is 0.350. The zero-order valence-corrected chi connectivity index (χ0v) is 14.7. The largest absolute Gasteiger partial charge is 0.451 e. The number of fused-ring (bicyclic) bond motifs is 2. The van der Waals surface area contributed by atoms with Gasteiger partial charge in [-0.3, -0.25) is 0 Å². The summed E-state index contributed by atoms with van der Waals surface area (Å²) in [5.74, 6) is 2.38. The average molecular weight is 352 g/mol. The first-order valence-corrected chi connectivity index (χ1v) is 9.70. The minimum absolute atomic E-state index is 0.279. The van der Waals surface area contributed by atoms with E-state index in [0.717, 1.165) is 48.0 Å². The first-order valence-electron chi connectivity index (χ1n) is 8.88. The molecule has 1 aromatic heterocycles. The molecule has 3 heterocycles. The van der Waals surface area contributed by atoms with Crippen molar-refractivity contribution >= 4 is 21.6 Å². The molecule has 1 N–H and O–H groups in total. The highest BCUT2D eigenvalue weighted by molar-refractivity contribution is 7.18. The van der Waals surface area contributed by atoms with Gasteiger partial charge < -0.3 is 14.8 Å². The maximum atomic E-state index is 6.22. The lowest BCUT2D eigenvalue weighted by Gasteiger charge is -2.23. The number of para-hydroxylation sites is 2. The number of hydrogen-bond donors (Lipinski definition) is 1. The molecular formula is C20H20N2O2S. The smallest absolute Gasteiger partial charge is 0.247 e. The van der Waals surface area contributed by atoms with E-state index in [1.54, 1.807) is 11.3 Å². The summed E-state index contributed by atoms with van der Waals surface area (Å²) in [6.45, 7) is 2.15. The average Bonchev–Trinajstić information content (AvgIpc) is 3.25. The standard InChI is InChI=1S/C20H20N2O2S/c1-2-7-17-15(5-1)22-18(25-17)12-19-23-16-6-3-4-14(20(16)24-19)13-8-10-21-11-9-13/h1-7,13,19,21H,8-12H2. The Bertz CT molecular complexity index is 869. The molecule has 0 saturated carbocycles. The summed E-state index contributed by atoms with van der Waals surface area (Å²) in [7, 11) is 0. The van der Waals surface area contributed by atoms with Crippen molar-refractivity contribution in [1.29, 1.82) is 0 Å². The molecule has 0 bridgehead atoms. The summed E-state index contributed by atoms with van der Waals surface area (Å²) >= 11 is 1.72. The van der Waals surface area contributed by atoms with Crippen molar-refractivity contribution in [3.8, 4) is 11.5 Å². The van der Waals surface area contributed by atoms with E-state index in [0.29, 0.717) is 12.3 Å². The first-order chi connectivity index (χ1) is 12.4. The number of aromatic nitrogens is 1. The monoisotopic (exact) mass is 352 g/mol. The number of piperidine rings is 1. The number of ether oxygens (including phenoxy) is 2.